The topological polar surface area (TPSA) is 52.8 Å². The van der Waals surface area contributed by atoms with E-state index in [4.69, 9.17) is 10.1 Å². The van der Waals surface area contributed by atoms with Crippen molar-refractivity contribution in [1.82, 2.24) is 29.4 Å². The molecule has 0 amide bonds. The van der Waals surface area contributed by atoms with Gasteiger partial charge < -0.3 is 9.80 Å². The van der Waals surface area contributed by atoms with Gasteiger partial charge in [0.2, 0.25) is 0 Å². The summed E-state index contributed by atoms with van der Waals surface area (Å²) < 4.78 is 1.93. The fourth-order valence-corrected chi connectivity index (χ4v) is 4.78. The predicted molar refractivity (Wildman–Crippen MR) is 113 cm³/mol. The van der Waals surface area contributed by atoms with Crippen LogP contribution in [0.1, 0.15) is 57.5 Å². The van der Waals surface area contributed by atoms with Crippen LogP contribution in [0.15, 0.2) is 6.07 Å². The molecule has 2 saturated heterocycles. The molecule has 0 aliphatic carbocycles. The quantitative estimate of drug-likeness (QED) is 0.762. The Morgan fingerprint density at radius 3 is 2.39 bits per heavy atom. The lowest BCUT2D eigenvalue weighted by Crippen LogP contribution is -2.46. The van der Waals surface area contributed by atoms with E-state index in [1.807, 2.05) is 11.4 Å². The number of likely N-dealkylation sites (tertiary alicyclic amines) is 2. The summed E-state index contributed by atoms with van der Waals surface area (Å²) in [5.74, 6) is 2.71. The molecule has 154 valence electrons. The van der Waals surface area contributed by atoms with Crippen LogP contribution in [0.4, 0.5) is 5.82 Å². The van der Waals surface area contributed by atoms with Gasteiger partial charge in [-0.2, -0.15) is 9.50 Å². The molecule has 7 nitrogen and oxygen atoms in total. The summed E-state index contributed by atoms with van der Waals surface area (Å²) in [4.78, 5) is 16.9. The molecule has 2 fully saturated rings. The van der Waals surface area contributed by atoms with Crippen molar-refractivity contribution >= 4 is 11.6 Å². The Morgan fingerprint density at radius 2 is 1.71 bits per heavy atom. The van der Waals surface area contributed by atoms with Crippen molar-refractivity contribution in [3.63, 3.8) is 0 Å². The van der Waals surface area contributed by atoms with Crippen LogP contribution in [0.2, 0.25) is 0 Å². The highest BCUT2D eigenvalue weighted by Gasteiger charge is 2.26. The summed E-state index contributed by atoms with van der Waals surface area (Å²) in [6.45, 7) is 14.0. The van der Waals surface area contributed by atoms with Crippen LogP contribution in [-0.2, 0) is 6.54 Å². The number of hydrogen-bond acceptors (Lipinski definition) is 6. The Bertz CT molecular complexity index is 768. The highest BCUT2D eigenvalue weighted by atomic mass is 15.4. The van der Waals surface area contributed by atoms with Gasteiger partial charge in [-0.05, 0) is 59.5 Å². The molecular formula is C21H35N7. The van der Waals surface area contributed by atoms with Gasteiger partial charge >= 0.3 is 0 Å². The fourth-order valence-electron chi connectivity index (χ4n) is 4.78. The second-order valence-corrected chi connectivity index (χ2v) is 8.27. The van der Waals surface area contributed by atoms with E-state index in [-0.39, 0.29) is 0 Å². The third-order valence-electron chi connectivity index (χ3n) is 6.38. The minimum Gasteiger partial charge on any atom is -0.357 e. The van der Waals surface area contributed by atoms with Crippen LogP contribution in [0.5, 0.6) is 0 Å². The molecule has 2 aromatic heterocycles. The molecule has 0 spiro atoms. The molecule has 4 rings (SSSR count). The predicted octanol–water partition coefficient (Wildman–Crippen LogP) is 2.73. The molecule has 2 aliphatic rings. The zero-order chi connectivity index (χ0) is 19.5. The second kappa shape index (κ2) is 8.74. The molecule has 0 saturated carbocycles. The van der Waals surface area contributed by atoms with E-state index in [9.17, 15) is 0 Å². The van der Waals surface area contributed by atoms with E-state index in [1.54, 1.807) is 0 Å². The van der Waals surface area contributed by atoms with E-state index in [1.165, 1.54) is 45.2 Å². The number of aromatic nitrogens is 4. The Hall–Kier alpha value is -1.73. The smallest absolute Gasteiger partial charge is 0.254 e. The zero-order valence-corrected chi connectivity index (χ0v) is 17.8. The lowest BCUT2D eigenvalue weighted by atomic mass is 10.00. The monoisotopic (exact) mass is 385 g/mol. The summed E-state index contributed by atoms with van der Waals surface area (Å²) in [7, 11) is 0. The fraction of sp³-hybridized carbons (Fsp3) is 0.762. The number of rotatable bonds is 6. The number of anilines is 1. The summed E-state index contributed by atoms with van der Waals surface area (Å²) in [5, 5.41) is 4.82. The highest BCUT2D eigenvalue weighted by Crippen LogP contribution is 2.22. The standard InChI is InChI=1S/C21H35N7/c1-4-26(5-2)20-15-17(3)22-21-23-19(24-28(20)21)16-25-13-9-18(10-14-25)27-11-7-6-8-12-27/h15,18H,4-14,16H2,1-3H3. The Morgan fingerprint density at radius 1 is 1.00 bits per heavy atom. The Balaban J connectivity index is 1.43. The van der Waals surface area contributed by atoms with Crippen LogP contribution < -0.4 is 4.90 Å². The van der Waals surface area contributed by atoms with E-state index < -0.39 is 0 Å². The minimum absolute atomic E-state index is 0.722. The molecule has 0 aromatic carbocycles. The van der Waals surface area contributed by atoms with Gasteiger partial charge in [0.25, 0.3) is 5.78 Å². The molecule has 2 aromatic rings. The summed E-state index contributed by atoms with van der Waals surface area (Å²) in [6, 6.07) is 2.90. The van der Waals surface area contributed by atoms with Crippen molar-refractivity contribution < 1.29 is 0 Å². The van der Waals surface area contributed by atoms with Gasteiger partial charge in [-0.25, -0.2) is 4.98 Å². The Kier molecular flexibility index (Phi) is 6.11. The number of fused-ring (bicyclic) bond motifs is 1. The maximum absolute atomic E-state index is 4.82. The van der Waals surface area contributed by atoms with Crippen molar-refractivity contribution in [1.29, 1.82) is 0 Å². The van der Waals surface area contributed by atoms with Crippen molar-refractivity contribution in [3.05, 3.63) is 17.6 Å². The third-order valence-corrected chi connectivity index (χ3v) is 6.38. The first-order chi connectivity index (χ1) is 13.7. The molecule has 28 heavy (non-hydrogen) atoms. The third kappa shape index (κ3) is 4.15. The van der Waals surface area contributed by atoms with Gasteiger partial charge in [0, 0.05) is 44.0 Å². The van der Waals surface area contributed by atoms with Crippen LogP contribution in [0.25, 0.3) is 5.78 Å². The van der Waals surface area contributed by atoms with Crippen molar-refractivity contribution in [2.75, 3.05) is 44.2 Å². The maximum atomic E-state index is 4.82. The molecule has 2 aliphatic heterocycles. The van der Waals surface area contributed by atoms with Crippen molar-refractivity contribution in [2.24, 2.45) is 0 Å². The van der Waals surface area contributed by atoms with Gasteiger partial charge in [0.1, 0.15) is 5.82 Å². The normalized spacial score (nSPS) is 20.1. The van der Waals surface area contributed by atoms with Crippen molar-refractivity contribution in [2.45, 2.75) is 65.5 Å². The maximum Gasteiger partial charge on any atom is 0.254 e. The molecule has 0 N–H and O–H groups in total. The number of nitrogens with zero attached hydrogens (tertiary/aromatic N) is 7. The molecule has 7 heteroatoms. The van der Waals surface area contributed by atoms with Crippen molar-refractivity contribution in [3.8, 4) is 0 Å². The average Bonchev–Trinajstić information content (AvgIpc) is 3.12. The second-order valence-electron chi connectivity index (χ2n) is 8.27. The molecular weight excluding hydrogens is 350 g/mol. The lowest BCUT2D eigenvalue weighted by molar-refractivity contribution is 0.0886. The summed E-state index contributed by atoms with van der Waals surface area (Å²) >= 11 is 0. The molecule has 0 radical (unpaired) electrons. The molecule has 0 bridgehead atoms. The van der Waals surface area contributed by atoms with Crippen LogP contribution in [-0.4, -0.2) is 74.7 Å². The van der Waals surface area contributed by atoms with Crippen LogP contribution in [0.3, 0.4) is 0 Å². The zero-order valence-electron chi connectivity index (χ0n) is 17.8. The lowest BCUT2D eigenvalue weighted by Gasteiger charge is -2.39. The minimum atomic E-state index is 0.722. The first-order valence-corrected chi connectivity index (χ1v) is 11.1. The summed E-state index contributed by atoms with van der Waals surface area (Å²) in [5.41, 5.74) is 0.996. The van der Waals surface area contributed by atoms with E-state index in [0.29, 0.717) is 0 Å². The van der Waals surface area contributed by atoms with Gasteiger partial charge in [0.15, 0.2) is 5.82 Å². The van der Waals surface area contributed by atoms with E-state index in [0.717, 1.165) is 61.9 Å². The van der Waals surface area contributed by atoms with Gasteiger partial charge in [-0.3, -0.25) is 4.90 Å². The number of hydrogen-bond donors (Lipinski definition) is 0. The van der Waals surface area contributed by atoms with Crippen LogP contribution >= 0.6 is 0 Å². The first-order valence-electron chi connectivity index (χ1n) is 11.1. The average molecular weight is 386 g/mol. The van der Waals surface area contributed by atoms with E-state index >= 15 is 0 Å². The van der Waals surface area contributed by atoms with E-state index in [2.05, 4.69) is 39.6 Å². The van der Waals surface area contributed by atoms with Gasteiger partial charge in [-0.15, -0.1) is 5.10 Å². The number of piperidine rings is 2. The van der Waals surface area contributed by atoms with Crippen LogP contribution in [0, 0.1) is 6.92 Å². The SMILES string of the molecule is CCN(CC)c1cc(C)nc2nc(CN3CCC(N4CCCCC4)CC3)nn12. The first kappa shape index (κ1) is 19.6. The van der Waals surface area contributed by atoms with Gasteiger partial charge in [0.05, 0.1) is 6.54 Å². The Labute approximate surface area is 168 Å². The largest absolute Gasteiger partial charge is 0.357 e. The summed E-state index contributed by atoms with van der Waals surface area (Å²) in [6.07, 6.45) is 6.72. The molecule has 0 unspecified atom stereocenters. The van der Waals surface area contributed by atoms with Gasteiger partial charge in [-0.1, -0.05) is 6.42 Å². The number of aryl methyl sites for hydroxylation is 1. The molecule has 0 atom stereocenters. The highest BCUT2D eigenvalue weighted by molar-refractivity contribution is 5.47. The molecule has 4 heterocycles.